The number of fused-ring (bicyclic) bond motifs is 2. The smallest absolute Gasteiger partial charge is 0.231 e. The summed E-state index contributed by atoms with van der Waals surface area (Å²) in [5.74, 6) is 2.53. The molecule has 1 aromatic rings. The van der Waals surface area contributed by atoms with Crippen LogP contribution in [-0.2, 0) is 0 Å². The van der Waals surface area contributed by atoms with Crippen molar-refractivity contribution < 1.29 is 9.47 Å². The van der Waals surface area contributed by atoms with Gasteiger partial charge in [0.05, 0.1) is 11.7 Å². The van der Waals surface area contributed by atoms with E-state index < -0.39 is 0 Å². The van der Waals surface area contributed by atoms with Gasteiger partial charge in [-0.3, -0.25) is 0 Å². The van der Waals surface area contributed by atoms with Gasteiger partial charge in [-0.1, -0.05) is 6.07 Å². The molecule has 0 atom stereocenters. The molecule has 5 nitrogen and oxygen atoms in total. The number of nitrogens with zero attached hydrogens (tertiary/aromatic N) is 3. The highest BCUT2D eigenvalue weighted by Gasteiger charge is 2.26. The van der Waals surface area contributed by atoms with Crippen LogP contribution in [0.15, 0.2) is 36.5 Å². The van der Waals surface area contributed by atoms with Crippen LogP contribution >= 0.6 is 0 Å². The van der Waals surface area contributed by atoms with Crippen molar-refractivity contribution in [2.24, 2.45) is 0 Å². The Balaban J connectivity index is 1.67. The van der Waals surface area contributed by atoms with E-state index >= 15 is 0 Å². The Morgan fingerprint density at radius 1 is 1.14 bits per heavy atom. The van der Waals surface area contributed by atoms with Crippen LogP contribution in [0.1, 0.15) is 25.3 Å². The molecule has 1 saturated carbocycles. The first-order valence-corrected chi connectivity index (χ1v) is 7.63. The Morgan fingerprint density at radius 3 is 2.95 bits per heavy atom. The minimum Gasteiger partial charge on any atom is -0.454 e. The maximum absolute atomic E-state index is 5.61. The van der Waals surface area contributed by atoms with Gasteiger partial charge in [0, 0.05) is 17.3 Å². The topological polar surface area (TPSA) is 49.2 Å². The Labute approximate surface area is 127 Å². The fourth-order valence-corrected chi connectivity index (χ4v) is 3.14. The third-order valence-corrected chi connectivity index (χ3v) is 4.53. The Bertz CT molecular complexity index is 823. The first-order valence-electron chi connectivity index (χ1n) is 7.63. The molecule has 22 heavy (non-hydrogen) atoms. The summed E-state index contributed by atoms with van der Waals surface area (Å²) in [5.41, 5.74) is 3.01. The van der Waals surface area contributed by atoms with Crippen LogP contribution in [0.4, 0.5) is 0 Å². The van der Waals surface area contributed by atoms with E-state index in [0.717, 1.165) is 34.1 Å². The van der Waals surface area contributed by atoms with Gasteiger partial charge < -0.3 is 9.47 Å². The minimum absolute atomic E-state index is 0.274. The number of hydrogen-bond donors (Lipinski definition) is 0. The second kappa shape index (κ2) is 4.47. The zero-order valence-electron chi connectivity index (χ0n) is 12.0. The van der Waals surface area contributed by atoms with E-state index in [9.17, 15) is 0 Å². The van der Waals surface area contributed by atoms with Crippen molar-refractivity contribution in [3.05, 3.63) is 36.5 Å². The molecule has 5 heteroatoms. The zero-order valence-corrected chi connectivity index (χ0v) is 12.0. The van der Waals surface area contributed by atoms with Crippen molar-refractivity contribution in [3.8, 4) is 34.1 Å². The fraction of sp³-hybridized carbons (Fsp3) is 0.294. The van der Waals surface area contributed by atoms with Gasteiger partial charge in [0.2, 0.25) is 6.79 Å². The van der Waals surface area contributed by atoms with E-state index in [0.29, 0.717) is 6.04 Å². The largest absolute Gasteiger partial charge is 0.454 e. The third-order valence-electron chi connectivity index (χ3n) is 4.53. The SMILES string of the molecule is c1cc2c(c(-c3cc4ccnn(C5CCC5)c-4n3)c1)OCO2. The quantitative estimate of drug-likeness (QED) is 0.725. The van der Waals surface area contributed by atoms with Crippen molar-refractivity contribution >= 4 is 0 Å². The Morgan fingerprint density at radius 2 is 2.09 bits per heavy atom. The van der Waals surface area contributed by atoms with Gasteiger partial charge in [0.1, 0.15) is 0 Å². The average Bonchev–Trinajstić information content (AvgIpc) is 3.11. The number of hydrogen-bond acceptors (Lipinski definition) is 4. The molecule has 0 radical (unpaired) electrons. The van der Waals surface area contributed by atoms with Crippen molar-refractivity contribution in [1.82, 2.24) is 14.8 Å². The molecule has 1 fully saturated rings. The monoisotopic (exact) mass is 293 g/mol. The molecular weight excluding hydrogens is 278 g/mol. The molecule has 0 aromatic heterocycles. The summed E-state index contributed by atoms with van der Waals surface area (Å²) in [6.45, 7) is 0.274. The van der Waals surface area contributed by atoms with Crippen LogP contribution in [-0.4, -0.2) is 21.6 Å². The molecule has 1 aliphatic carbocycles. The molecule has 110 valence electrons. The van der Waals surface area contributed by atoms with E-state index in [1.165, 1.54) is 19.3 Å². The van der Waals surface area contributed by atoms with Crippen LogP contribution in [0.25, 0.3) is 22.6 Å². The second-order valence-electron chi connectivity index (χ2n) is 5.82. The summed E-state index contributed by atoms with van der Waals surface area (Å²) in [6.07, 6.45) is 5.52. The highest BCUT2D eigenvalue weighted by Crippen LogP contribution is 2.43. The molecule has 0 spiro atoms. The maximum Gasteiger partial charge on any atom is 0.231 e. The van der Waals surface area contributed by atoms with E-state index in [-0.39, 0.29) is 6.79 Å². The zero-order chi connectivity index (χ0) is 14.5. The molecule has 5 rings (SSSR count). The normalized spacial score (nSPS) is 16.9. The fourth-order valence-electron chi connectivity index (χ4n) is 3.14. The van der Waals surface area contributed by atoms with Gasteiger partial charge in [-0.15, -0.1) is 0 Å². The lowest BCUT2D eigenvalue weighted by molar-refractivity contribution is 0.174. The lowest BCUT2D eigenvalue weighted by Gasteiger charge is -2.28. The predicted octanol–water partition coefficient (Wildman–Crippen LogP) is 3.50. The molecule has 1 aromatic carbocycles. The van der Waals surface area contributed by atoms with Crippen LogP contribution in [0.3, 0.4) is 0 Å². The molecule has 3 heterocycles. The van der Waals surface area contributed by atoms with Crippen LogP contribution in [0, 0.1) is 0 Å². The van der Waals surface area contributed by atoms with Gasteiger partial charge in [-0.25, -0.2) is 9.67 Å². The maximum atomic E-state index is 5.61. The summed E-state index contributed by atoms with van der Waals surface area (Å²) in [4.78, 5) is 4.83. The van der Waals surface area contributed by atoms with Crippen molar-refractivity contribution in [3.63, 3.8) is 0 Å². The molecular formula is C17H15N3O2. The van der Waals surface area contributed by atoms with Gasteiger partial charge in [-0.05, 0) is 43.5 Å². The lowest BCUT2D eigenvalue weighted by atomic mass is 9.93. The molecule has 0 amide bonds. The van der Waals surface area contributed by atoms with E-state index in [2.05, 4.69) is 15.8 Å². The Kier molecular flexibility index (Phi) is 2.44. The van der Waals surface area contributed by atoms with Gasteiger partial charge in [0.15, 0.2) is 17.3 Å². The van der Waals surface area contributed by atoms with Crippen molar-refractivity contribution in [1.29, 1.82) is 0 Å². The molecule has 4 aliphatic rings. The third kappa shape index (κ3) is 1.65. The summed E-state index contributed by atoms with van der Waals surface area (Å²) in [6, 6.07) is 10.5. The average molecular weight is 293 g/mol. The number of benzene rings is 1. The first kappa shape index (κ1) is 12.0. The summed E-state index contributed by atoms with van der Waals surface area (Å²) in [5, 5.41) is 4.51. The number of aromatic nitrogens is 3. The highest BCUT2D eigenvalue weighted by atomic mass is 16.7. The van der Waals surface area contributed by atoms with E-state index in [1.54, 1.807) is 0 Å². The van der Waals surface area contributed by atoms with Crippen LogP contribution in [0.5, 0.6) is 11.5 Å². The van der Waals surface area contributed by atoms with E-state index in [4.69, 9.17) is 14.5 Å². The van der Waals surface area contributed by atoms with Crippen LogP contribution < -0.4 is 9.47 Å². The molecule has 0 saturated heterocycles. The molecule has 3 aliphatic heterocycles. The molecule has 0 unspecified atom stereocenters. The number of ether oxygens (including phenoxy) is 2. The van der Waals surface area contributed by atoms with Crippen molar-refractivity contribution in [2.75, 3.05) is 6.79 Å². The number of para-hydroxylation sites is 1. The highest BCUT2D eigenvalue weighted by molar-refractivity contribution is 5.77. The van der Waals surface area contributed by atoms with Gasteiger partial charge in [-0.2, -0.15) is 5.10 Å². The van der Waals surface area contributed by atoms with E-state index in [1.807, 2.05) is 30.5 Å². The second-order valence-corrected chi connectivity index (χ2v) is 5.82. The van der Waals surface area contributed by atoms with Crippen molar-refractivity contribution in [2.45, 2.75) is 25.3 Å². The summed E-state index contributed by atoms with van der Waals surface area (Å²) in [7, 11) is 0. The molecule has 0 N–H and O–H groups in total. The van der Waals surface area contributed by atoms with Gasteiger partial charge in [0.25, 0.3) is 0 Å². The number of rotatable bonds is 2. The standard InChI is InChI=1S/C17H15N3O2/c1-3-12(4-1)20-17-11(7-8-18-20)9-14(19-17)13-5-2-6-15-16(13)22-10-21-15/h2,5-9,12H,1,3-4,10H2. The summed E-state index contributed by atoms with van der Waals surface area (Å²) >= 11 is 0. The van der Waals surface area contributed by atoms with Gasteiger partial charge >= 0.3 is 0 Å². The lowest BCUT2D eigenvalue weighted by Crippen LogP contribution is -2.21. The first-order chi connectivity index (χ1) is 10.9. The summed E-state index contributed by atoms with van der Waals surface area (Å²) < 4.78 is 13.1. The minimum atomic E-state index is 0.274. The Hall–Kier alpha value is -2.56. The molecule has 0 bridgehead atoms. The predicted molar refractivity (Wildman–Crippen MR) is 81.1 cm³/mol. The van der Waals surface area contributed by atoms with Crippen LogP contribution in [0.2, 0.25) is 0 Å².